The van der Waals surface area contributed by atoms with Crippen LogP contribution in [0.2, 0.25) is 5.02 Å². The van der Waals surface area contributed by atoms with Crippen LogP contribution in [0.3, 0.4) is 0 Å². The topological polar surface area (TPSA) is 106 Å². The van der Waals surface area contributed by atoms with Gasteiger partial charge < -0.3 is 4.42 Å². The summed E-state index contributed by atoms with van der Waals surface area (Å²) < 4.78 is 5.70. The maximum atomic E-state index is 12.9. The van der Waals surface area contributed by atoms with Crippen molar-refractivity contribution in [2.75, 3.05) is 0 Å². The zero-order chi connectivity index (χ0) is 21.4. The number of hydrazone groups is 1. The highest BCUT2D eigenvalue weighted by Crippen LogP contribution is 2.65. The lowest BCUT2D eigenvalue weighted by molar-refractivity contribution is -0.384. The average Bonchev–Trinajstić information content (AvgIpc) is 3.39. The molecule has 2 amide bonds. The molecule has 0 radical (unpaired) electrons. The number of halogens is 1. The number of amides is 2. The molecule has 2 saturated carbocycles. The molecule has 4 aliphatic carbocycles. The van der Waals surface area contributed by atoms with Crippen molar-refractivity contribution in [1.29, 1.82) is 0 Å². The van der Waals surface area contributed by atoms with Crippen LogP contribution in [0.15, 0.2) is 52.0 Å². The number of allylic oxidation sites excluding steroid dienone is 2. The number of carbonyl (C=O) groups is 2. The van der Waals surface area contributed by atoms with Crippen LogP contribution < -0.4 is 0 Å². The first-order valence-electron chi connectivity index (χ1n) is 10.1. The molecule has 5 aliphatic rings. The van der Waals surface area contributed by atoms with Gasteiger partial charge in [-0.1, -0.05) is 23.8 Å². The number of carbonyl (C=O) groups excluding carboxylic acids is 2. The first-order chi connectivity index (χ1) is 14.9. The van der Waals surface area contributed by atoms with Gasteiger partial charge in [-0.2, -0.15) is 10.1 Å². The molecule has 3 fully saturated rings. The van der Waals surface area contributed by atoms with E-state index in [0.29, 0.717) is 28.9 Å². The van der Waals surface area contributed by atoms with Crippen LogP contribution in [-0.2, 0) is 9.59 Å². The predicted molar refractivity (Wildman–Crippen MR) is 110 cm³/mol. The summed E-state index contributed by atoms with van der Waals surface area (Å²) in [6, 6.07) is 7.63. The van der Waals surface area contributed by atoms with E-state index in [1.807, 2.05) is 0 Å². The molecule has 6 atom stereocenters. The SMILES string of the molecule is O=C1[C@@H]2[C@H]3C=C[C@@H]([C@@H]4C[C@H]34)[C@H]2C(=O)N1/N=C\c1ccc(-c2ccc(Cl)c([N+](=O)[O-])c2)o1. The Hall–Kier alpha value is -3.26. The lowest BCUT2D eigenvalue weighted by Crippen LogP contribution is -2.40. The Morgan fingerprint density at radius 2 is 1.77 bits per heavy atom. The Labute approximate surface area is 181 Å². The fourth-order valence-electron chi connectivity index (χ4n) is 5.55. The van der Waals surface area contributed by atoms with Crippen molar-refractivity contribution < 1.29 is 18.9 Å². The van der Waals surface area contributed by atoms with Gasteiger partial charge in [-0.25, -0.2) is 0 Å². The van der Waals surface area contributed by atoms with Gasteiger partial charge in [0.1, 0.15) is 16.5 Å². The molecule has 1 saturated heterocycles. The molecule has 2 bridgehead atoms. The van der Waals surface area contributed by atoms with Crippen molar-refractivity contribution in [3.05, 3.63) is 63.4 Å². The Balaban J connectivity index is 1.24. The highest BCUT2D eigenvalue weighted by Gasteiger charge is 2.67. The Bertz CT molecular complexity index is 1180. The maximum Gasteiger partial charge on any atom is 0.288 e. The normalized spacial score (nSPS) is 32.6. The molecule has 0 N–H and O–H groups in total. The molecule has 1 aromatic heterocycles. The third-order valence-electron chi connectivity index (χ3n) is 6.99. The minimum absolute atomic E-state index is 0.0377. The minimum Gasteiger partial charge on any atom is -0.455 e. The van der Waals surface area contributed by atoms with Crippen molar-refractivity contribution in [2.24, 2.45) is 40.6 Å². The first kappa shape index (κ1) is 18.5. The second-order valence-electron chi connectivity index (χ2n) is 8.51. The number of benzene rings is 1. The molecular formula is C22H16ClN3O5. The van der Waals surface area contributed by atoms with E-state index in [2.05, 4.69) is 17.3 Å². The summed E-state index contributed by atoms with van der Waals surface area (Å²) in [6.07, 6.45) is 6.67. The predicted octanol–water partition coefficient (Wildman–Crippen LogP) is 3.90. The van der Waals surface area contributed by atoms with Gasteiger partial charge in [-0.3, -0.25) is 19.7 Å². The van der Waals surface area contributed by atoms with E-state index >= 15 is 0 Å². The molecule has 2 aromatic rings. The van der Waals surface area contributed by atoms with Gasteiger partial charge >= 0.3 is 0 Å². The molecule has 7 rings (SSSR count). The van der Waals surface area contributed by atoms with Gasteiger partial charge in [0, 0.05) is 11.6 Å². The van der Waals surface area contributed by atoms with Gasteiger partial charge in [0.15, 0.2) is 0 Å². The molecule has 1 aromatic carbocycles. The van der Waals surface area contributed by atoms with Gasteiger partial charge in [-0.15, -0.1) is 0 Å². The summed E-state index contributed by atoms with van der Waals surface area (Å²) in [4.78, 5) is 36.4. The summed E-state index contributed by atoms with van der Waals surface area (Å²) in [6.45, 7) is 0. The summed E-state index contributed by atoms with van der Waals surface area (Å²) in [7, 11) is 0. The molecule has 9 heteroatoms. The first-order valence-corrected chi connectivity index (χ1v) is 10.5. The number of furan rings is 1. The molecular weight excluding hydrogens is 422 g/mol. The van der Waals surface area contributed by atoms with Crippen molar-refractivity contribution in [2.45, 2.75) is 6.42 Å². The summed E-state index contributed by atoms with van der Waals surface area (Å²) in [5, 5.41) is 16.3. The number of nitrogens with zero attached hydrogens (tertiary/aromatic N) is 3. The van der Waals surface area contributed by atoms with Crippen LogP contribution in [0.25, 0.3) is 11.3 Å². The van der Waals surface area contributed by atoms with Gasteiger partial charge in [0.2, 0.25) is 0 Å². The van der Waals surface area contributed by atoms with Crippen LogP contribution in [0.1, 0.15) is 12.2 Å². The van der Waals surface area contributed by atoms with Gasteiger partial charge in [-0.05, 0) is 54.4 Å². The smallest absolute Gasteiger partial charge is 0.288 e. The van der Waals surface area contributed by atoms with E-state index in [4.69, 9.17) is 16.0 Å². The second-order valence-corrected chi connectivity index (χ2v) is 8.92. The Morgan fingerprint density at radius 3 is 2.42 bits per heavy atom. The molecule has 0 unspecified atom stereocenters. The number of imide groups is 1. The maximum absolute atomic E-state index is 12.9. The Morgan fingerprint density at radius 1 is 1.10 bits per heavy atom. The summed E-state index contributed by atoms with van der Waals surface area (Å²) >= 11 is 5.85. The number of hydrogen-bond donors (Lipinski definition) is 0. The fourth-order valence-corrected chi connectivity index (χ4v) is 5.74. The molecule has 2 heterocycles. The summed E-state index contributed by atoms with van der Waals surface area (Å²) in [5.74, 6) is 0.992. The average molecular weight is 438 g/mol. The van der Waals surface area contributed by atoms with Crippen LogP contribution >= 0.6 is 11.6 Å². The highest BCUT2D eigenvalue weighted by atomic mass is 35.5. The summed E-state index contributed by atoms with van der Waals surface area (Å²) in [5.41, 5.74) is 0.264. The van der Waals surface area contributed by atoms with Crippen molar-refractivity contribution >= 4 is 35.3 Å². The number of nitro groups is 1. The number of hydrogen-bond acceptors (Lipinski definition) is 6. The van der Waals surface area contributed by atoms with Crippen molar-refractivity contribution in [3.8, 4) is 11.3 Å². The third kappa shape index (κ3) is 2.64. The van der Waals surface area contributed by atoms with Crippen molar-refractivity contribution in [1.82, 2.24) is 5.01 Å². The lowest BCUT2D eigenvalue weighted by atomic mass is 9.63. The van der Waals surface area contributed by atoms with E-state index in [9.17, 15) is 19.7 Å². The van der Waals surface area contributed by atoms with E-state index in [1.165, 1.54) is 18.3 Å². The largest absolute Gasteiger partial charge is 0.455 e. The fraction of sp³-hybridized carbons (Fsp3) is 0.318. The molecule has 8 nitrogen and oxygen atoms in total. The van der Waals surface area contributed by atoms with E-state index in [-0.39, 0.29) is 46.2 Å². The zero-order valence-electron chi connectivity index (χ0n) is 16.1. The monoisotopic (exact) mass is 437 g/mol. The van der Waals surface area contributed by atoms with E-state index in [1.54, 1.807) is 18.2 Å². The third-order valence-corrected chi connectivity index (χ3v) is 7.31. The molecule has 1 aliphatic heterocycles. The van der Waals surface area contributed by atoms with Crippen LogP contribution in [0, 0.1) is 45.6 Å². The van der Waals surface area contributed by atoms with Gasteiger partial charge in [0.05, 0.1) is 23.0 Å². The standard InChI is InChI=1S/C22H16ClN3O5/c23-16-5-1-10(7-17(16)26(29)30)18-6-2-11(31-18)9-24-25-21(27)19-12-3-4-13(15-8-14(12)15)20(19)22(25)28/h1-7,9,12-15,19-20H,8H2/b24-9-/t12-,13-,14-,15+,19+,20+/m0/s1. The Kier molecular flexibility index (Phi) is 3.80. The molecule has 31 heavy (non-hydrogen) atoms. The minimum atomic E-state index is -0.562. The van der Waals surface area contributed by atoms with E-state index in [0.717, 1.165) is 11.4 Å². The van der Waals surface area contributed by atoms with Crippen LogP contribution in [0.4, 0.5) is 5.69 Å². The number of nitro benzene ring substituents is 1. The molecule has 156 valence electrons. The lowest BCUT2D eigenvalue weighted by Gasteiger charge is -2.37. The number of rotatable bonds is 4. The van der Waals surface area contributed by atoms with Crippen LogP contribution in [-0.4, -0.2) is 28.0 Å². The quantitative estimate of drug-likeness (QED) is 0.237. The van der Waals surface area contributed by atoms with Gasteiger partial charge in [0.25, 0.3) is 17.5 Å². The molecule has 0 spiro atoms. The zero-order valence-corrected chi connectivity index (χ0v) is 16.8. The van der Waals surface area contributed by atoms with E-state index < -0.39 is 4.92 Å². The highest BCUT2D eigenvalue weighted by molar-refractivity contribution is 6.32. The second kappa shape index (κ2) is 6.37. The van der Waals surface area contributed by atoms with Crippen molar-refractivity contribution in [3.63, 3.8) is 0 Å². The van der Waals surface area contributed by atoms with Crippen LogP contribution in [0.5, 0.6) is 0 Å².